The van der Waals surface area contributed by atoms with E-state index in [-0.39, 0.29) is 24.3 Å². The molecule has 2 fully saturated rings. The van der Waals surface area contributed by atoms with Crippen LogP contribution >= 0.6 is 0 Å². The Kier molecular flexibility index (Phi) is 6.58. The summed E-state index contributed by atoms with van der Waals surface area (Å²) in [5.74, 6) is 0.167. The van der Waals surface area contributed by atoms with E-state index in [1.54, 1.807) is 36.3 Å². The molecule has 2 amide bonds. The van der Waals surface area contributed by atoms with Gasteiger partial charge in [0.15, 0.2) is 6.61 Å². The van der Waals surface area contributed by atoms with Gasteiger partial charge in [-0.3, -0.25) is 9.59 Å². The van der Waals surface area contributed by atoms with Gasteiger partial charge in [0.05, 0.1) is 12.7 Å². The summed E-state index contributed by atoms with van der Waals surface area (Å²) in [6.45, 7) is 2.26. The lowest BCUT2D eigenvalue weighted by Gasteiger charge is -2.36. The monoisotopic (exact) mass is 437 g/mol. The van der Waals surface area contributed by atoms with E-state index in [4.69, 9.17) is 9.47 Å². The lowest BCUT2D eigenvalue weighted by molar-refractivity contribution is -0.134. The quantitative estimate of drug-likeness (QED) is 0.670. The molecular weight excluding hydrogens is 410 g/mol. The van der Waals surface area contributed by atoms with Crippen LogP contribution in [0.4, 0.5) is 11.4 Å². The SMILES string of the molecule is COc1ccc(N2CCN(C(=O)COC(=O)c3ccc(NC(=O)C4CC4)cc3)CC2)cc1. The maximum Gasteiger partial charge on any atom is 0.338 e. The maximum absolute atomic E-state index is 12.5. The molecule has 32 heavy (non-hydrogen) atoms. The zero-order valence-corrected chi connectivity index (χ0v) is 18.1. The Bertz CT molecular complexity index is 962. The Morgan fingerprint density at radius 1 is 0.938 bits per heavy atom. The van der Waals surface area contributed by atoms with E-state index in [9.17, 15) is 14.4 Å². The molecule has 2 aliphatic rings. The normalized spacial score (nSPS) is 15.8. The second kappa shape index (κ2) is 9.72. The van der Waals surface area contributed by atoms with E-state index in [1.807, 2.05) is 24.3 Å². The second-order valence-electron chi connectivity index (χ2n) is 7.98. The molecule has 8 nitrogen and oxygen atoms in total. The zero-order chi connectivity index (χ0) is 22.5. The van der Waals surface area contributed by atoms with Gasteiger partial charge in [-0.2, -0.15) is 0 Å². The first-order chi connectivity index (χ1) is 15.5. The van der Waals surface area contributed by atoms with Crippen molar-refractivity contribution < 1.29 is 23.9 Å². The molecular formula is C24H27N3O5. The van der Waals surface area contributed by atoms with Gasteiger partial charge in [0.2, 0.25) is 5.91 Å². The third-order valence-corrected chi connectivity index (χ3v) is 5.73. The Morgan fingerprint density at radius 2 is 1.59 bits per heavy atom. The van der Waals surface area contributed by atoms with E-state index < -0.39 is 5.97 Å². The van der Waals surface area contributed by atoms with E-state index in [2.05, 4.69) is 10.2 Å². The number of hydrogen-bond acceptors (Lipinski definition) is 6. The van der Waals surface area contributed by atoms with Crippen LogP contribution in [0.1, 0.15) is 23.2 Å². The molecule has 1 saturated carbocycles. The molecule has 4 rings (SSSR count). The second-order valence-corrected chi connectivity index (χ2v) is 7.98. The summed E-state index contributed by atoms with van der Waals surface area (Å²) in [4.78, 5) is 40.5. The van der Waals surface area contributed by atoms with E-state index in [0.717, 1.165) is 24.3 Å². The highest BCUT2D eigenvalue weighted by atomic mass is 16.5. The number of methoxy groups -OCH3 is 1. The minimum atomic E-state index is -0.560. The Hall–Kier alpha value is -3.55. The van der Waals surface area contributed by atoms with Crippen molar-refractivity contribution in [2.24, 2.45) is 5.92 Å². The smallest absolute Gasteiger partial charge is 0.338 e. The molecule has 2 aromatic carbocycles. The van der Waals surface area contributed by atoms with Gasteiger partial charge >= 0.3 is 5.97 Å². The van der Waals surface area contributed by atoms with Crippen LogP contribution < -0.4 is 15.0 Å². The Labute approximate surface area is 187 Å². The number of nitrogens with zero attached hydrogens (tertiary/aromatic N) is 2. The van der Waals surface area contributed by atoms with Crippen molar-refractivity contribution in [3.05, 3.63) is 54.1 Å². The molecule has 1 aliphatic heterocycles. The summed E-state index contributed by atoms with van der Waals surface area (Å²) in [6.07, 6.45) is 1.86. The first kappa shape index (κ1) is 21.7. The van der Waals surface area contributed by atoms with Gasteiger partial charge in [-0.1, -0.05) is 0 Å². The number of carbonyl (C=O) groups excluding carboxylic acids is 3. The number of esters is 1. The lowest BCUT2D eigenvalue weighted by Crippen LogP contribution is -2.49. The zero-order valence-electron chi connectivity index (χ0n) is 18.1. The number of hydrogen-bond donors (Lipinski definition) is 1. The fourth-order valence-corrected chi connectivity index (χ4v) is 3.59. The third-order valence-electron chi connectivity index (χ3n) is 5.73. The molecule has 2 aromatic rings. The number of ether oxygens (including phenoxy) is 2. The summed E-state index contributed by atoms with van der Waals surface area (Å²) in [7, 11) is 1.64. The molecule has 0 bridgehead atoms. The predicted octanol–water partition coefficient (Wildman–Crippen LogP) is 2.55. The van der Waals surface area contributed by atoms with Crippen molar-refractivity contribution in [2.75, 3.05) is 50.1 Å². The molecule has 1 N–H and O–H groups in total. The Balaban J connectivity index is 1.21. The van der Waals surface area contributed by atoms with Gasteiger partial charge in [0.25, 0.3) is 5.91 Å². The van der Waals surface area contributed by atoms with E-state index in [0.29, 0.717) is 37.4 Å². The van der Waals surface area contributed by atoms with Gasteiger partial charge in [-0.05, 0) is 61.4 Å². The minimum Gasteiger partial charge on any atom is -0.497 e. The van der Waals surface area contributed by atoms with Crippen molar-refractivity contribution in [2.45, 2.75) is 12.8 Å². The number of piperazine rings is 1. The van der Waals surface area contributed by atoms with Crippen LogP contribution in [0.2, 0.25) is 0 Å². The molecule has 8 heteroatoms. The lowest BCUT2D eigenvalue weighted by atomic mass is 10.2. The van der Waals surface area contributed by atoms with Gasteiger partial charge in [-0.15, -0.1) is 0 Å². The van der Waals surface area contributed by atoms with Crippen molar-refractivity contribution in [3.8, 4) is 5.75 Å². The summed E-state index contributed by atoms with van der Waals surface area (Å²) < 4.78 is 10.4. The van der Waals surface area contributed by atoms with Crippen LogP contribution in [0.25, 0.3) is 0 Å². The summed E-state index contributed by atoms with van der Waals surface area (Å²) >= 11 is 0. The van der Waals surface area contributed by atoms with Crippen molar-refractivity contribution in [1.29, 1.82) is 0 Å². The number of benzene rings is 2. The largest absolute Gasteiger partial charge is 0.497 e. The fourth-order valence-electron chi connectivity index (χ4n) is 3.59. The molecule has 1 heterocycles. The highest BCUT2D eigenvalue weighted by molar-refractivity contribution is 5.95. The molecule has 0 aromatic heterocycles. The maximum atomic E-state index is 12.5. The van der Waals surface area contributed by atoms with E-state index in [1.165, 1.54) is 0 Å². The summed E-state index contributed by atoms with van der Waals surface area (Å²) in [5.41, 5.74) is 2.07. The minimum absolute atomic E-state index is 0.0120. The summed E-state index contributed by atoms with van der Waals surface area (Å²) in [6, 6.07) is 14.3. The Morgan fingerprint density at radius 3 is 2.19 bits per heavy atom. The molecule has 1 aliphatic carbocycles. The van der Waals surface area contributed by atoms with Gasteiger partial charge in [0.1, 0.15) is 5.75 Å². The number of amides is 2. The highest BCUT2D eigenvalue weighted by Crippen LogP contribution is 2.30. The number of rotatable bonds is 7. The average Bonchev–Trinajstić information content (AvgIpc) is 3.69. The fraction of sp³-hybridized carbons (Fsp3) is 0.375. The van der Waals surface area contributed by atoms with Crippen molar-refractivity contribution >= 4 is 29.2 Å². The topological polar surface area (TPSA) is 88.2 Å². The van der Waals surface area contributed by atoms with Crippen molar-refractivity contribution in [3.63, 3.8) is 0 Å². The first-order valence-electron chi connectivity index (χ1n) is 10.8. The highest BCUT2D eigenvalue weighted by Gasteiger charge is 2.29. The average molecular weight is 437 g/mol. The van der Waals surface area contributed by atoms with Crippen LogP contribution in [0.15, 0.2) is 48.5 Å². The number of nitrogens with one attached hydrogen (secondary N) is 1. The predicted molar refractivity (Wildman–Crippen MR) is 120 cm³/mol. The molecule has 0 atom stereocenters. The number of anilines is 2. The molecule has 168 valence electrons. The molecule has 0 spiro atoms. The first-order valence-corrected chi connectivity index (χ1v) is 10.8. The van der Waals surface area contributed by atoms with Crippen LogP contribution in [0, 0.1) is 5.92 Å². The van der Waals surface area contributed by atoms with Gasteiger partial charge in [0, 0.05) is 43.5 Å². The van der Waals surface area contributed by atoms with Crippen molar-refractivity contribution in [1.82, 2.24) is 4.90 Å². The van der Waals surface area contributed by atoms with Crippen LogP contribution in [-0.4, -0.2) is 62.6 Å². The molecule has 0 unspecified atom stereocenters. The van der Waals surface area contributed by atoms with Gasteiger partial charge in [-0.25, -0.2) is 4.79 Å². The van der Waals surface area contributed by atoms with Crippen LogP contribution in [0.3, 0.4) is 0 Å². The molecule has 0 radical (unpaired) electrons. The number of carbonyl (C=O) groups is 3. The third kappa shape index (κ3) is 5.38. The molecule has 1 saturated heterocycles. The summed E-state index contributed by atoms with van der Waals surface area (Å²) in [5, 5.41) is 2.82. The van der Waals surface area contributed by atoms with Crippen LogP contribution in [-0.2, 0) is 14.3 Å². The van der Waals surface area contributed by atoms with Gasteiger partial charge < -0.3 is 24.6 Å². The van der Waals surface area contributed by atoms with E-state index >= 15 is 0 Å². The van der Waals surface area contributed by atoms with Crippen LogP contribution in [0.5, 0.6) is 5.75 Å². The standard InChI is InChI=1S/C24H27N3O5/c1-31-21-10-8-20(9-11-21)26-12-14-27(15-13-26)22(28)16-32-24(30)18-4-6-19(7-5-18)25-23(29)17-2-3-17/h4-11,17H,2-3,12-16H2,1H3,(H,25,29).